The van der Waals surface area contributed by atoms with Gasteiger partial charge in [-0.2, -0.15) is 8.78 Å². The van der Waals surface area contributed by atoms with Crippen LogP contribution in [0.5, 0.6) is 5.75 Å². The van der Waals surface area contributed by atoms with E-state index in [0.717, 1.165) is 18.5 Å². The summed E-state index contributed by atoms with van der Waals surface area (Å²) in [7, 11) is 0. The Kier molecular flexibility index (Phi) is 6.96. The normalized spacial score (nSPS) is 13.7. The van der Waals surface area contributed by atoms with Crippen LogP contribution in [0.3, 0.4) is 0 Å². The van der Waals surface area contributed by atoms with Gasteiger partial charge in [0.05, 0.1) is 0 Å². The molecule has 1 aromatic rings. The molecule has 1 aromatic carbocycles. The van der Waals surface area contributed by atoms with E-state index in [2.05, 4.69) is 17.0 Å². The van der Waals surface area contributed by atoms with Crippen LogP contribution in [-0.4, -0.2) is 19.2 Å². The molecule has 0 spiro atoms. The molecule has 1 rings (SSSR count). The predicted molar refractivity (Wildman–Crippen MR) is 79.5 cm³/mol. The molecule has 20 heavy (non-hydrogen) atoms. The first-order chi connectivity index (χ1) is 9.43. The van der Waals surface area contributed by atoms with Crippen molar-refractivity contribution in [1.82, 2.24) is 5.32 Å². The highest BCUT2D eigenvalue weighted by molar-refractivity contribution is 6.30. The van der Waals surface area contributed by atoms with Crippen LogP contribution >= 0.6 is 11.6 Å². The molecular formula is C15H20ClF2NO. The van der Waals surface area contributed by atoms with E-state index < -0.39 is 6.61 Å². The lowest BCUT2D eigenvalue weighted by Crippen LogP contribution is -2.27. The maximum Gasteiger partial charge on any atom is 0.387 e. The molecule has 0 radical (unpaired) electrons. The maximum atomic E-state index is 12.4. The van der Waals surface area contributed by atoms with Gasteiger partial charge >= 0.3 is 6.61 Å². The molecule has 5 heteroatoms. The lowest BCUT2D eigenvalue weighted by molar-refractivity contribution is -0.0499. The average molecular weight is 304 g/mol. The minimum atomic E-state index is -2.85. The largest absolute Gasteiger partial charge is 0.434 e. The van der Waals surface area contributed by atoms with Gasteiger partial charge in [-0.05, 0) is 45.0 Å². The second-order valence-corrected chi connectivity index (χ2v) is 5.06. The first kappa shape index (κ1) is 16.9. The standard InChI is InChI=1S/C15H20ClF2NO/c1-4-7-19-11(3)10(2)8-12-9-13(16)5-6-14(12)20-15(17)18/h5-6,8-9,11,15,19H,4,7H2,1-3H3/b10-8+. The summed E-state index contributed by atoms with van der Waals surface area (Å²) in [6.07, 6.45) is 2.85. The highest BCUT2D eigenvalue weighted by Gasteiger charge is 2.10. The molecule has 0 bridgehead atoms. The first-order valence-electron chi connectivity index (χ1n) is 6.60. The van der Waals surface area contributed by atoms with Crippen molar-refractivity contribution in [3.8, 4) is 5.75 Å². The van der Waals surface area contributed by atoms with E-state index in [9.17, 15) is 8.78 Å². The summed E-state index contributed by atoms with van der Waals surface area (Å²) in [6.45, 7) is 4.12. The summed E-state index contributed by atoms with van der Waals surface area (Å²) in [6, 6.07) is 4.77. The zero-order chi connectivity index (χ0) is 15.1. The van der Waals surface area contributed by atoms with Crippen LogP contribution < -0.4 is 10.1 Å². The summed E-state index contributed by atoms with van der Waals surface area (Å²) in [4.78, 5) is 0. The van der Waals surface area contributed by atoms with Crippen molar-refractivity contribution in [3.63, 3.8) is 0 Å². The number of hydrogen-bond donors (Lipinski definition) is 1. The fourth-order valence-corrected chi connectivity index (χ4v) is 1.91. The number of benzene rings is 1. The molecule has 0 aliphatic heterocycles. The van der Waals surface area contributed by atoms with Crippen molar-refractivity contribution >= 4 is 17.7 Å². The molecule has 1 N–H and O–H groups in total. The molecular weight excluding hydrogens is 284 g/mol. The minimum absolute atomic E-state index is 0.131. The van der Waals surface area contributed by atoms with Crippen molar-refractivity contribution in [2.45, 2.75) is 39.8 Å². The lowest BCUT2D eigenvalue weighted by atomic mass is 10.1. The number of hydrogen-bond acceptors (Lipinski definition) is 2. The van der Waals surface area contributed by atoms with Crippen LogP contribution in [0, 0.1) is 0 Å². The number of rotatable bonds is 7. The Morgan fingerprint density at radius 1 is 1.45 bits per heavy atom. The first-order valence-corrected chi connectivity index (χ1v) is 6.97. The van der Waals surface area contributed by atoms with Crippen LogP contribution in [0.4, 0.5) is 8.78 Å². The van der Waals surface area contributed by atoms with Crippen molar-refractivity contribution in [2.24, 2.45) is 0 Å². The Balaban J connectivity index is 2.96. The molecule has 0 saturated carbocycles. The van der Waals surface area contributed by atoms with Crippen molar-refractivity contribution in [3.05, 3.63) is 34.4 Å². The van der Waals surface area contributed by atoms with Gasteiger partial charge < -0.3 is 10.1 Å². The van der Waals surface area contributed by atoms with Crippen molar-refractivity contribution in [2.75, 3.05) is 6.54 Å². The van der Waals surface area contributed by atoms with Crippen molar-refractivity contribution in [1.29, 1.82) is 0 Å². The highest BCUT2D eigenvalue weighted by Crippen LogP contribution is 2.27. The zero-order valence-corrected chi connectivity index (χ0v) is 12.7. The summed E-state index contributed by atoms with van der Waals surface area (Å²) < 4.78 is 29.3. The van der Waals surface area contributed by atoms with Gasteiger partial charge in [-0.1, -0.05) is 30.2 Å². The van der Waals surface area contributed by atoms with E-state index in [1.165, 1.54) is 12.1 Å². The van der Waals surface area contributed by atoms with Crippen LogP contribution in [0.15, 0.2) is 23.8 Å². The fraction of sp³-hybridized carbons (Fsp3) is 0.467. The van der Waals surface area contributed by atoms with Gasteiger partial charge in [-0.3, -0.25) is 0 Å². The Hall–Kier alpha value is -1.13. The van der Waals surface area contributed by atoms with E-state index in [4.69, 9.17) is 11.6 Å². The second kappa shape index (κ2) is 8.22. The third-order valence-electron chi connectivity index (χ3n) is 2.95. The highest BCUT2D eigenvalue weighted by atomic mass is 35.5. The number of halogens is 3. The third kappa shape index (κ3) is 5.47. The molecule has 0 saturated heterocycles. The van der Waals surface area contributed by atoms with E-state index in [1.807, 2.05) is 19.9 Å². The zero-order valence-electron chi connectivity index (χ0n) is 11.9. The molecule has 0 aliphatic rings. The lowest BCUT2D eigenvalue weighted by Gasteiger charge is -2.15. The quantitative estimate of drug-likeness (QED) is 0.786. The van der Waals surface area contributed by atoms with Gasteiger partial charge in [0.15, 0.2) is 0 Å². The summed E-state index contributed by atoms with van der Waals surface area (Å²) in [5, 5.41) is 3.82. The summed E-state index contributed by atoms with van der Waals surface area (Å²) in [5.41, 5.74) is 1.58. The smallest absolute Gasteiger partial charge is 0.387 e. The van der Waals surface area contributed by atoms with E-state index in [-0.39, 0.29) is 11.8 Å². The van der Waals surface area contributed by atoms with Gasteiger partial charge in [0.2, 0.25) is 0 Å². The SMILES string of the molecule is CCCNC(C)/C(C)=C/c1cc(Cl)ccc1OC(F)F. The van der Waals surface area contributed by atoms with Crippen LogP contribution in [-0.2, 0) is 0 Å². The monoisotopic (exact) mass is 303 g/mol. The minimum Gasteiger partial charge on any atom is -0.434 e. The van der Waals surface area contributed by atoms with Crippen LogP contribution in [0.2, 0.25) is 5.02 Å². The van der Waals surface area contributed by atoms with E-state index in [1.54, 1.807) is 6.07 Å². The Labute approximate surface area is 123 Å². The van der Waals surface area contributed by atoms with Gasteiger partial charge in [-0.25, -0.2) is 0 Å². The van der Waals surface area contributed by atoms with Gasteiger partial charge in [0.1, 0.15) is 5.75 Å². The average Bonchev–Trinajstić information content (AvgIpc) is 2.38. The Bertz CT molecular complexity index is 463. The van der Waals surface area contributed by atoms with Crippen LogP contribution in [0.1, 0.15) is 32.8 Å². The Morgan fingerprint density at radius 2 is 2.15 bits per heavy atom. The predicted octanol–water partition coefficient (Wildman–Crippen LogP) is 4.73. The molecule has 0 aliphatic carbocycles. The molecule has 1 unspecified atom stereocenters. The van der Waals surface area contributed by atoms with Gasteiger partial charge in [0, 0.05) is 16.6 Å². The van der Waals surface area contributed by atoms with Crippen LogP contribution in [0.25, 0.3) is 6.08 Å². The molecule has 112 valence electrons. The molecule has 2 nitrogen and oxygen atoms in total. The van der Waals surface area contributed by atoms with Crippen molar-refractivity contribution < 1.29 is 13.5 Å². The number of alkyl halides is 2. The fourth-order valence-electron chi connectivity index (χ4n) is 1.73. The molecule has 0 aromatic heterocycles. The topological polar surface area (TPSA) is 21.3 Å². The van der Waals surface area contributed by atoms with Gasteiger partial charge in [0.25, 0.3) is 0 Å². The molecule has 1 atom stereocenters. The molecule has 0 fully saturated rings. The van der Waals surface area contributed by atoms with E-state index in [0.29, 0.717) is 10.6 Å². The Morgan fingerprint density at radius 3 is 2.75 bits per heavy atom. The second-order valence-electron chi connectivity index (χ2n) is 4.62. The summed E-state index contributed by atoms with van der Waals surface area (Å²) >= 11 is 5.91. The molecule has 0 heterocycles. The summed E-state index contributed by atoms with van der Waals surface area (Å²) in [5.74, 6) is 0.131. The van der Waals surface area contributed by atoms with E-state index >= 15 is 0 Å². The molecule has 0 amide bonds. The third-order valence-corrected chi connectivity index (χ3v) is 3.19. The number of nitrogens with one attached hydrogen (secondary N) is 1. The maximum absolute atomic E-state index is 12.4. The van der Waals surface area contributed by atoms with Gasteiger partial charge in [-0.15, -0.1) is 0 Å². The number of ether oxygens (including phenoxy) is 1.